The number of hydrogen-bond acceptors (Lipinski definition) is 3. The average Bonchev–Trinajstić information content (AvgIpc) is 2.91. The highest BCUT2D eigenvalue weighted by molar-refractivity contribution is 6.30. The van der Waals surface area contributed by atoms with Crippen LogP contribution in [0.3, 0.4) is 0 Å². The summed E-state index contributed by atoms with van der Waals surface area (Å²) in [5.41, 5.74) is -1.25. The fourth-order valence-corrected chi connectivity index (χ4v) is 3.22. The van der Waals surface area contributed by atoms with Gasteiger partial charge in [0.2, 0.25) is 0 Å². The Kier molecular flexibility index (Phi) is 5.85. The number of aromatic nitrogens is 4. The minimum absolute atomic E-state index is 0.143. The molecule has 2 aromatic heterocycles. The molecule has 0 aliphatic carbocycles. The summed E-state index contributed by atoms with van der Waals surface area (Å²) in [4.78, 5) is 22.7. The van der Waals surface area contributed by atoms with E-state index >= 15 is 0 Å². The molecule has 0 amide bonds. The quantitative estimate of drug-likeness (QED) is 0.546. The Balaban J connectivity index is 2.12. The van der Waals surface area contributed by atoms with Crippen molar-refractivity contribution < 1.29 is 26.3 Å². The van der Waals surface area contributed by atoms with Gasteiger partial charge in [-0.25, -0.2) is 9.97 Å². The van der Waals surface area contributed by atoms with E-state index in [9.17, 15) is 31.1 Å². The summed E-state index contributed by atoms with van der Waals surface area (Å²) < 4.78 is 78.0. The van der Waals surface area contributed by atoms with Crippen LogP contribution >= 0.6 is 11.6 Å². The fraction of sp³-hybridized carbons (Fsp3) is 0.389. The molecular formula is C18H15ClF6N4O. The number of aromatic amines is 1. The Labute approximate surface area is 170 Å². The summed E-state index contributed by atoms with van der Waals surface area (Å²) in [7, 11) is 0. The van der Waals surface area contributed by atoms with Crippen molar-refractivity contribution in [1.82, 2.24) is 19.5 Å². The molecule has 3 aromatic rings. The number of fused-ring (bicyclic) bond motifs is 1. The van der Waals surface area contributed by atoms with Crippen molar-refractivity contribution >= 4 is 22.8 Å². The third-order valence-electron chi connectivity index (χ3n) is 4.22. The maximum absolute atomic E-state index is 13.2. The van der Waals surface area contributed by atoms with Crippen molar-refractivity contribution in [1.29, 1.82) is 0 Å². The number of halogens is 7. The minimum atomic E-state index is -4.65. The van der Waals surface area contributed by atoms with Crippen molar-refractivity contribution in [3.63, 3.8) is 0 Å². The van der Waals surface area contributed by atoms with Crippen molar-refractivity contribution in [2.45, 2.75) is 38.7 Å². The number of benzene rings is 1. The van der Waals surface area contributed by atoms with Gasteiger partial charge in [0.1, 0.15) is 18.2 Å². The Bertz CT molecular complexity index is 1100. The molecule has 2 heterocycles. The summed E-state index contributed by atoms with van der Waals surface area (Å²) in [5.74, 6) is -1.23. The van der Waals surface area contributed by atoms with Crippen LogP contribution in [0.15, 0.2) is 29.1 Å². The molecule has 0 radical (unpaired) electrons. The van der Waals surface area contributed by atoms with Crippen LogP contribution in [0.5, 0.6) is 0 Å². The van der Waals surface area contributed by atoms with Gasteiger partial charge in [0.25, 0.3) is 5.56 Å². The maximum atomic E-state index is 13.2. The predicted molar refractivity (Wildman–Crippen MR) is 98.2 cm³/mol. The van der Waals surface area contributed by atoms with Crippen LogP contribution in [0.2, 0.25) is 5.02 Å². The second-order valence-corrected chi connectivity index (χ2v) is 7.39. The van der Waals surface area contributed by atoms with Gasteiger partial charge in [-0.15, -0.1) is 0 Å². The molecule has 0 saturated heterocycles. The number of rotatable bonds is 5. The van der Waals surface area contributed by atoms with Crippen molar-refractivity contribution in [3.05, 3.63) is 45.5 Å². The second-order valence-electron chi connectivity index (χ2n) is 6.96. The van der Waals surface area contributed by atoms with E-state index in [-0.39, 0.29) is 34.8 Å². The topological polar surface area (TPSA) is 63.6 Å². The SMILES string of the molecule is CC(Cc1nc2c(nc(-c3ccc(Cl)cc3)n2CC(F)(F)F)c(=O)[nH]1)CC(F)(F)F. The van der Waals surface area contributed by atoms with Gasteiger partial charge in [0.05, 0.1) is 0 Å². The van der Waals surface area contributed by atoms with E-state index in [0.29, 0.717) is 5.02 Å². The van der Waals surface area contributed by atoms with Crippen molar-refractivity contribution in [2.24, 2.45) is 5.92 Å². The first-order chi connectivity index (χ1) is 13.8. The monoisotopic (exact) mass is 452 g/mol. The molecule has 30 heavy (non-hydrogen) atoms. The Hall–Kier alpha value is -2.56. The zero-order chi connectivity index (χ0) is 22.3. The molecule has 0 aliphatic rings. The highest BCUT2D eigenvalue weighted by atomic mass is 35.5. The number of hydrogen-bond donors (Lipinski definition) is 1. The van der Waals surface area contributed by atoms with Crippen LogP contribution in [-0.4, -0.2) is 31.9 Å². The van der Waals surface area contributed by atoms with Crippen LogP contribution in [0.1, 0.15) is 19.2 Å². The molecule has 1 unspecified atom stereocenters. The Morgan fingerprint density at radius 2 is 1.70 bits per heavy atom. The average molecular weight is 453 g/mol. The van der Waals surface area contributed by atoms with Crippen molar-refractivity contribution in [2.75, 3.05) is 0 Å². The molecule has 0 aliphatic heterocycles. The molecule has 3 rings (SSSR count). The van der Waals surface area contributed by atoms with Crippen LogP contribution in [0, 0.1) is 5.92 Å². The molecule has 0 bridgehead atoms. The zero-order valence-corrected chi connectivity index (χ0v) is 16.2. The first-order valence-corrected chi connectivity index (χ1v) is 9.09. The van der Waals surface area contributed by atoms with E-state index in [1.54, 1.807) is 0 Å². The number of nitrogens with zero attached hydrogens (tertiary/aromatic N) is 3. The standard InChI is InChI=1S/C18H15ClF6N4O/c1-9(7-17(20,21)22)6-12-26-15-13(16(30)27-12)28-14(29(15)8-18(23,24)25)10-2-4-11(19)5-3-10/h2-5,9H,6-8H2,1H3,(H,26,27,30). The summed E-state index contributed by atoms with van der Waals surface area (Å²) in [6, 6.07) is 5.79. The smallest absolute Gasteiger partial charge is 0.309 e. The fourth-order valence-electron chi connectivity index (χ4n) is 3.10. The number of imidazole rings is 1. The van der Waals surface area contributed by atoms with Crippen molar-refractivity contribution in [3.8, 4) is 11.4 Å². The van der Waals surface area contributed by atoms with E-state index in [1.165, 1.54) is 31.2 Å². The number of H-pyrrole nitrogens is 1. The van der Waals surface area contributed by atoms with E-state index in [4.69, 9.17) is 11.6 Å². The molecule has 12 heteroatoms. The molecule has 0 spiro atoms. The van der Waals surface area contributed by atoms with Gasteiger partial charge in [-0.2, -0.15) is 26.3 Å². The molecule has 0 fully saturated rings. The highest BCUT2D eigenvalue weighted by Crippen LogP contribution is 2.29. The Morgan fingerprint density at radius 3 is 2.27 bits per heavy atom. The summed E-state index contributed by atoms with van der Waals surface area (Å²) in [6.07, 6.45) is -10.4. The molecule has 1 atom stereocenters. The molecular weight excluding hydrogens is 438 g/mol. The number of nitrogens with one attached hydrogen (secondary N) is 1. The largest absolute Gasteiger partial charge is 0.406 e. The molecule has 1 aromatic carbocycles. The van der Waals surface area contributed by atoms with Gasteiger partial charge in [0, 0.05) is 23.4 Å². The first-order valence-electron chi connectivity index (χ1n) is 8.71. The lowest BCUT2D eigenvalue weighted by Gasteiger charge is -2.14. The molecule has 0 saturated carbocycles. The maximum Gasteiger partial charge on any atom is 0.406 e. The van der Waals surface area contributed by atoms with E-state index < -0.39 is 36.8 Å². The van der Waals surface area contributed by atoms with Crippen LogP contribution in [-0.2, 0) is 13.0 Å². The molecule has 162 valence electrons. The lowest BCUT2D eigenvalue weighted by atomic mass is 10.0. The lowest BCUT2D eigenvalue weighted by molar-refractivity contribution is -0.143. The summed E-state index contributed by atoms with van der Waals surface area (Å²) in [5, 5.41) is 0.356. The number of alkyl halides is 6. The van der Waals surface area contributed by atoms with E-state index in [2.05, 4.69) is 15.0 Å². The zero-order valence-electron chi connectivity index (χ0n) is 15.4. The molecule has 1 N–H and O–H groups in total. The normalized spacial score (nSPS) is 13.7. The minimum Gasteiger partial charge on any atom is -0.309 e. The van der Waals surface area contributed by atoms with Gasteiger partial charge in [-0.3, -0.25) is 9.36 Å². The van der Waals surface area contributed by atoms with E-state index in [0.717, 1.165) is 4.57 Å². The van der Waals surface area contributed by atoms with Gasteiger partial charge in [-0.1, -0.05) is 18.5 Å². The highest BCUT2D eigenvalue weighted by Gasteiger charge is 2.33. The van der Waals surface area contributed by atoms with E-state index in [1.807, 2.05) is 0 Å². The van der Waals surface area contributed by atoms with Crippen LogP contribution in [0.4, 0.5) is 26.3 Å². The summed E-state index contributed by atoms with van der Waals surface area (Å²) in [6.45, 7) is -0.167. The van der Waals surface area contributed by atoms with Gasteiger partial charge in [0.15, 0.2) is 11.2 Å². The lowest BCUT2D eigenvalue weighted by Crippen LogP contribution is -2.21. The second kappa shape index (κ2) is 7.93. The van der Waals surface area contributed by atoms with Crippen LogP contribution < -0.4 is 5.56 Å². The van der Waals surface area contributed by atoms with Gasteiger partial charge < -0.3 is 4.98 Å². The third kappa shape index (κ3) is 5.32. The van der Waals surface area contributed by atoms with Gasteiger partial charge >= 0.3 is 12.4 Å². The Morgan fingerprint density at radius 1 is 1.07 bits per heavy atom. The predicted octanol–water partition coefficient (Wildman–Crippen LogP) is 5.13. The first kappa shape index (κ1) is 22.1. The van der Waals surface area contributed by atoms with Gasteiger partial charge in [-0.05, 0) is 30.2 Å². The summed E-state index contributed by atoms with van der Waals surface area (Å²) >= 11 is 5.81. The molecule has 5 nitrogen and oxygen atoms in total. The third-order valence-corrected chi connectivity index (χ3v) is 4.47. The van der Waals surface area contributed by atoms with Crippen LogP contribution in [0.25, 0.3) is 22.6 Å².